The van der Waals surface area contributed by atoms with Crippen LogP contribution in [0.2, 0.25) is 0 Å². The van der Waals surface area contributed by atoms with Gasteiger partial charge in [-0.25, -0.2) is 0 Å². The number of likely N-dealkylation sites (N-methyl/N-ethyl adjacent to an activating group) is 1. The van der Waals surface area contributed by atoms with Gasteiger partial charge in [-0.1, -0.05) is 13.8 Å². The van der Waals surface area contributed by atoms with Crippen LogP contribution >= 0.6 is 15.9 Å². The lowest BCUT2D eigenvalue weighted by molar-refractivity contribution is 0.300. The number of anilines is 1. The maximum Gasteiger partial charge on any atom is 0.0538 e. The molecule has 0 aliphatic heterocycles. The third kappa shape index (κ3) is 4.94. The number of hydrogen-bond donors (Lipinski definition) is 1. The minimum atomic E-state index is 0.964. The van der Waals surface area contributed by atoms with E-state index in [9.17, 15) is 0 Å². The minimum absolute atomic E-state index is 0.964. The highest BCUT2D eigenvalue weighted by atomic mass is 79.9. The second-order valence-electron chi connectivity index (χ2n) is 3.75. The summed E-state index contributed by atoms with van der Waals surface area (Å²) in [6, 6.07) is 2.04. The summed E-state index contributed by atoms with van der Waals surface area (Å²) in [5.41, 5.74) is 1.07. The van der Waals surface area contributed by atoms with Gasteiger partial charge in [-0.05, 0) is 41.5 Å². The molecule has 0 radical (unpaired) electrons. The van der Waals surface area contributed by atoms with Gasteiger partial charge in [0.25, 0.3) is 0 Å². The summed E-state index contributed by atoms with van der Waals surface area (Å²) < 4.78 is 1.01. The monoisotopic (exact) mass is 285 g/mol. The Morgan fingerprint density at radius 1 is 1.31 bits per heavy atom. The van der Waals surface area contributed by atoms with Crippen LogP contribution < -0.4 is 5.32 Å². The second-order valence-corrected chi connectivity index (χ2v) is 4.67. The highest BCUT2D eigenvalue weighted by Crippen LogP contribution is 2.13. The summed E-state index contributed by atoms with van der Waals surface area (Å²) in [7, 11) is 0. The lowest BCUT2D eigenvalue weighted by atomic mass is 10.4. The van der Waals surface area contributed by atoms with Gasteiger partial charge in [0.2, 0.25) is 0 Å². The van der Waals surface area contributed by atoms with E-state index in [2.05, 4.69) is 45.0 Å². The fourth-order valence-corrected chi connectivity index (χ4v) is 1.98. The number of nitrogens with zero attached hydrogens (tertiary/aromatic N) is 2. The molecule has 1 aromatic rings. The van der Waals surface area contributed by atoms with Crippen molar-refractivity contribution in [2.75, 3.05) is 31.5 Å². The van der Waals surface area contributed by atoms with E-state index in [-0.39, 0.29) is 0 Å². The van der Waals surface area contributed by atoms with Crippen LogP contribution in [-0.2, 0) is 0 Å². The third-order valence-electron chi connectivity index (χ3n) is 2.45. The van der Waals surface area contributed by atoms with Gasteiger partial charge in [-0.3, -0.25) is 4.98 Å². The Kier molecular flexibility index (Phi) is 6.42. The molecule has 0 saturated carbocycles. The first-order valence-corrected chi connectivity index (χ1v) is 6.62. The van der Waals surface area contributed by atoms with Crippen LogP contribution in [0.1, 0.15) is 20.3 Å². The molecule has 0 fully saturated rings. The molecule has 0 aliphatic carbocycles. The molecule has 1 N–H and O–H groups in total. The van der Waals surface area contributed by atoms with Crippen molar-refractivity contribution in [2.45, 2.75) is 20.3 Å². The molecule has 4 heteroatoms. The van der Waals surface area contributed by atoms with Gasteiger partial charge in [0.15, 0.2) is 0 Å². The van der Waals surface area contributed by atoms with Crippen LogP contribution in [0.25, 0.3) is 0 Å². The fourth-order valence-electron chi connectivity index (χ4n) is 1.61. The predicted molar refractivity (Wildman–Crippen MR) is 72.8 cm³/mol. The van der Waals surface area contributed by atoms with E-state index in [1.165, 1.54) is 13.0 Å². The van der Waals surface area contributed by atoms with Crippen LogP contribution in [0.3, 0.4) is 0 Å². The quantitative estimate of drug-likeness (QED) is 0.835. The summed E-state index contributed by atoms with van der Waals surface area (Å²) in [5, 5.41) is 3.37. The third-order valence-corrected chi connectivity index (χ3v) is 2.88. The van der Waals surface area contributed by atoms with Crippen molar-refractivity contribution in [2.24, 2.45) is 0 Å². The van der Waals surface area contributed by atoms with E-state index in [0.29, 0.717) is 0 Å². The molecule has 1 heterocycles. The smallest absolute Gasteiger partial charge is 0.0538 e. The lowest BCUT2D eigenvalue weighted by Crippen LogP contribution is -2.29. The Labute approximate surface area is 106 Å². The van der Waals surface area contributed by atoms with Crippen LogP contribution in [0.15, 0.2) is 22.9 Å². The molecule has 0 aromatic carbocycles. The number of halogens is 1. The molecule has 0 amide bonds. The fraction of sp³-hybridized carbons (Fsp3) is 0.583. The number of nitrogens with one attached hydrogen (secondary N) is 1. The topological polar surface area (TPSA) is 28.2 Å². The largest absolute Gasteiger partial charge is 0.382 e. The van der Waals surface area contributed by atoms with Crippen LogP contribution in [-0.4, -0.2) is 36.1 Å². The Balaban J connectivity index is 2.29. The summed E-state index contributed by atoms with van der Waals surface area (Å²) in [6.45, 7) is 8.76. The van der Waals surface area contributed by atoms with E-state index in [1.807, 2.05) is 12.3 Å². The molecule has 0 atom stereocenters. The van der Waals surface area contributed by atoms with Crippen molar-refractivity contribution < 1.29 is 0 Å². The van der Waals surface area contributed by atoms with Crippen LogP contribution in [0.4, 0.5) is 5.69 Å². The van der Waals surface area contributed by atoms with E-state index in [4.69, 9.17) is 0 Å². The standard InChI is InChI=1S/C12H20BrN3/c1-3-6-16(4-2)7-5-15-12-8-11(13)9-14-10-12/h8-10,15H,3-7H2,1-2H3. The van der Waals surface area contributed by atoms with Gasteiger partial charge in [0, 0.05) is 23.8 Å². The molecule has 1 rings (SSSR count). The van der Waals surface area contributed by atoms with Crippen LogP contribution in [0.5, 0.6) is 0 Å². The van der Waals surface area contributed by atoms with Crippen molar-refractivity contribution in [3.8, 4) is 0 Å². The van der Waals surface area contributed by atoms with Crippen LogP contribution in [0, 0.1) is 0 Å². The van der Waals surface area contributed by atoms with E-state index in [0.717, 1.165) is 29.8 Å². The molecule has 0 spiro atoms. The predicted octanol–water partition coefficient (Wildman–Crippen LogP) is 2.99. The molecular weight excluding hydrogens is 266 g/mol. The molecule has 16 heavy (non-hydrogen) atoms. The van der Waals surface area contributed by atoms with E-state index in [1.54, 1.807) is 6.20 Å². The van der Waals surface area contributed by atoms with Gasteiger partial charge in [0.05, 0.1) is 11.9 Å². The van der Waals surface area contributed by atoms with Gasteiger partial charge < -0.3 is 10.2 Å². The van der Waals surface area contributed by atoms with Crippen molar-refractivity contribution in [3.05, 3.63) is 22.9 Å². The summed E-state index contributed by atoms with van der Waals surface area (Å²) in [4.78, 5) is 6.56. The van der Waals surface area contributed by atoms with Gasteiger partial charge in [-0.2, -0.15) is 0 Å². The maximum atomic E-state index is 4.12. The summed E-state index contributed by atoms with van der Waals surface area (Å²) in [6.07, 6.45) is 4.85. The van der Waals surface area contributed by atoms with E-state index >= 15 is 0 Å². The lowest BCUT2D eigenvalue weighted by Gasteiger charge is -2.19. The maximum absolute atomic E-state index is 4.12. The normalized spacial score (nSPS) is 10.8. The zero-order valence-corrected chi connectivity index (χ0v) is 11.6. The first kappa shape index (κ1) is 13.5. The summed E-state index contributed by atoms with van der Waals surface area (Å²) in [5.74, 6) is 0. The van der Waals surface area contributed by atoms with Gasteiger partial charge in [0.1, 0.15) is 0 Å². The first-order valence-electron chi connectivity index (χ1n) is 5.83. The van der Waals surface area contributed by atoms with Crippen molar-refractivity contribution in [1.82, 2.24) is 9.88 Å². The zero-order chi connectivity index (χ0) is 11.8. The molecule has 0 unspecified atom stereocenters. The van der Waals surface area contributed by atoms with Crippen molar-refractivity contribution >= 4 is 21.6 Å². The molecule has 0 aliphatic rings. The Morgan fingerprint density at radius 2 is 2.12 bits per heavy atom. The molecule has 90 valence electrons. The molecule has 0 bridgehead atoms. The van der Waals surface area contributed by atoms with Gasteiger partial charge in [-0.15, -0.1) is 0 Å². The first-order chi connectivity index (χ1) is 7.76. The molecular formula is C12H20BrN3. The average Bonchev–Trinajstić information content (AvgIpc) is 2.28. The Bertz CT molecular complexity index is 304. The number of rotatable bonds is 7. The second kappa shape index (κ2) is 7.63. The minimum Gasteiger partial charge on any atom is -0.382 e. The summed E-state index contributed by atoms with van der Waals surface area (Å²) >= 11 is 3.41. The Morgan fingerprint density at radius 3 is 2.75 bits per heavy atom. The number of pyridine rings is 1. The Hall–Kier alpha value is -0.610. The van der Waals surface area contributed by atoms with E-state index < -0.39 is 0 Å². The number of aromatic nitrogens is 1. The van der Waals surface area contributed by atoms with Gasteiger partial charge >= 0.3 is 0 Å². The molecule has 1 aromatic heterocycles. The highest BCUT2D eigenvalue weighted by molar-refractivity contribution is 9.10. The molecule has 0 saturated heterocycles. The van der Waals surface area contributed by atoms with Crippen molar-refractivity contribution in [3.63, 3.8) is 0 Å². The number of hydrogen-bond acceptors (Lipinski definition) is 3. The SMILES string of the molecule is CCCN(CC)CCNc1cncc(Br)c1. The molecule has 3 nitrogen and oxygen atoms in total. The average molecular weight is 286 g/mol. The van der Waals surface area contributed by atoms with Crippen molar-refractivity contribution in [1.29, 1.82) is 0 Å². The zero-order valence-electron chi connectivity index (χ0n) is 10.0. The highest BCUT2D eigenvalue weighted by Gasteiger charge is 2.00.